The topological polar surface area (TPSA) is 178 Å². The lowest BCUT2D eigenvalue weighted by Gasteiger charge is -1.60. The molecule has 0 aliphatic carbocycles. The highest BCUT2D eigenvalue weighted by atomic mass is 28.3. The normalized spacial score (nSPS) is 4.80. The Morgan fingerprint density at radius 2 is 1.10 bits per heavy atom. The monoisotopic (exact) mass is 176 g/mol. The average Bonchev–Trinajstić information content (AvgIpc) is 1.25. The molecule has 0 radical (unpaired) electrons. The fourth-order valence-electron chi connectivity index (χ4n) is 0. The van der Waals surface area contributed by atoms with Crippen molar-refractivity contribution in [2.45, 2.75) is 0 Å². The van der Waals surface area contributed by atoms with Crippen molar-refractivity contribution >= 4 is 15.3 Å². The van der Waals surface area contributed by atoms with Crippen molar-refractivity contribution < 1.29 is 40.0 Å². The Morgan fingerprint density at radius 1 is 1.10 bits per heavy atom. The molecule has 0 aromatic heterocycles. The molecule has 0 spiro atoms. The van der Waals surface area contributed by atoms with Gasteiger partial charge < -0.3 is 30.8 Å². The molecule has 0 aliphatic heterocycles. The van der Waals surface area contributed by atoms with E-state index in [9.17, 15) is 0 Å². The summed E-state index contributed by atoms with van der Waals surface area (Å²) in [5, 5.41) is 13.9. The molecule has 0 rings (SSSR count). The maximum absolute atomic E-state index is 8.74. The standard InChI is InChI=1S/CH2O3.H2O3Si.2H2O/c2-1(3)4;1-4(2)3;;/h(H2,2,3,4);1-2H;2*1H2. The van der Waals surface area contributed by atoms with Crippen molar-refractivity contribution in [3.63, 3.8) is 0 Å². The van der Waals surface area contributed by atoms with Crippen LogP contribution >= 0.6 is 0 Å². The van der Waals surface area contributed by atoms with Crippen LogP contribution in [0.3, 0.4) is 0 Å². The fourth-order valence-corrected chi connectivity index (χ4v) is 0. The second-order valence-corrected chi connectivity index (χ2v) is 1.13. The van der Waals surface area contributed by atoms with E-state index in [0.717, 1.165) is 0 Å². The van der Waals surface area contributed by atoms with E-state index in [-0.39, 0.29) is 11.0 Å². The summed E-state index contributed by atoms with van der Waals surface area (Å²) in [4.78, 5) is 22.9. The van der Waals surface area contributed by atoms with Crippen molar-refractivity contribution in [2.75, 3.05) is 0 Å². The highest BCUT2D eigenvalue weighted by Crippen LogP contribution is 1.42. The van der Waals surface area contributed by atoms with Gasteiger partial charge in [-0.15, -0.1) is 0 Å². The number of hydrogen-bond donors (Lipinski definition) is 4. The van der Waals surface area contributed by atoms with E-state index < -0.39 is 15.3 Å². The van der Waals surface area contributed by atoms with Crippen molar-refractivity contribution in [3.05, 3.63) is 0 Å². The van der Waals surface area contributed by atoms with Gasteiger partial charge in [0.25, 0.3) is 0 Å². The summed E-state index contributed by atoms with van der Waals surface area (Å²) in [6.45, 7) is 0. The Morgan fingerprint density at radius 3 is 1.10 bits per heavy atom. The molecule has 8 nitrogen and oxygen atoms in total. The van der Waals surface area contributed by atoms with Crippen LogP contribution in [0.15, 0.2) is 0 Å². The molecule has 0 saturated heterocycles. The summed E-state index contributed by atoms with van der Waals surface area (Å²) in [6, 6.07) is 0. The zero-order valence-corrected chi connectivity index (χ0v) is 5.61. The Balaban J connectivity index is -0.0000000300. The van der Waals surface area contributed by atoms with E-state index in [2.05, 4.69) is 0 Å². The Kier molecular flexibility index (Phi) is 36.4. The van der Waals surface area contributed by atoms with Gasteiger partial charge in [-0.2, -0.15) is 0 Å². The van der Waals surface area contributed by atoms with E-state index in [1.165, 1.54) is 0 Å². The van der Waals surface area contributed by atoms with Gasteiger partial charge in [-0.25, -0.2) is 4.79 Å². The largest absolute Gasteiger partial charge is 0.761 e. The first-order chi connectivity index (χ1) is 3.46. The Hall–Kier alpha value is -1.19. The van der Waals surface area contributed by atoms with Crippen LogP contribution in [0.5, 0.6) is 0 Å². The molecule has 9 heteroatoms. The summed E-state index contributed by atoms with van der Waals surface area (Å²) in [5.74, 6) is 0. The summed E-state index contributed by atoms with van der Waals surface area (Å²) >= 11 is 0. The third-order valence-electron chi connectivity index (χ3n) is 0. The molecular formula is CH8O8Si. The lowest BCUT2D eigenvalue weighted by atomic mass is 11.5. The fraction of sp³-hybridized carbons (Fsp3) is 0. The lowest BCUT2D eigenvalue weighted by Crippen LogP contribution is -1.90. The second-order valence-electron chi connectivity index (χ2n) is 0.565. The van der Waals surface area contributed by atoms with Crippen LogP contribution in [0.4, 0.5) is 4.79 Å². The first kappa shape index (κ1) is 23.2. The molecule has 0 aromatic rings. The molecule has 0 amide bonds. The van der Waals surface area contributed by atoms with Gasteiger partial charge in [0.1, 0.15) is 0 Å². The maximum atomic E-state index is 8.74. The van der Waals surface area contributed by atoms with Crippen LogP contribution < -0.4 is 0 Å². The van der Waals surface area contributed by atoms with Gasteiger partial charge in [-0.3, -0.25) is 4.46 Å². The Bertz CT molecular complexity index is 67.3. The molecule has 64 valence electrons. The van der Waals surface area contributed by atoms with Crippen molar-refractivity contribution in [2.24, 2.45) is 0 Å². The minimum atomic E-state index is -3.13. The number of carboxylic acid groups (broad SMARTS) is 2. The Labute approximate surface area is 56.5 Å². The van der Waals surface area contributed by atoms with Gasteiger partial charge >= 0.3 is 15.3 Å². The van der Waals surface area contributed by atoms with Gasteiger partial charge in [0.15, 0.2) is 0 Å². The highest BCUT2D eigenvalue weighted by Gasteiger charge is 1.85. The van der Waals surface area contributed by atoms with Crippen LogP contribution in [0.2, 0.25) is 0 Å². The van der Waals surface area contributed by atoms with E-state index in [0.29, 0.717) is 0 Å². The molecule has 0 atom stereocenters. The summed E-state index contributed by atoms with van der Waals surface area (Å²) < 4.78 is 8.74. The van der Waals surface area contributed by atoms with E-state index in [4.69, 9.17) is 29.1 Å². The number of hydrogen-bond acceptors (Lipinski definition) is 2. The van der Waals surface area contributed by atoms with E-state index in [1.54, 1.807) is 0 Å². The molecule has 0 heterocycles. The van der Waals surface area contributed by atoms with Gasteiger partial charge in [0.05, 0.1) is 0 Å². The number of carbonyl (C=O) groups is 1. The second kappa shape index (κ2) is 15.7. The van der Waals surface area contributed by atoms with E-state index in [1.807, 2.05) is 0 Å². The molecule has 0 fully saturated rings. The highest BCUT2D eigenvalue weighted by molar-refractivity contribution is 6.22. The molecule has 8 N–H and O–H groups in total. The van der Waals surface area contributed by atoms with Gasteiger partial charge in [-0.1, -0.05) is 0 Å². The first-order valence-electron chi connectivity index (χ1n) is 1.30. The van der Waals surface area contributed by atoms with E-state index >= 15 is 0 Å². The van der Waals surface area contributed by atoms with Crippen molar-refractivity contribution in [1.82, 2.24) is 0 Å². The van der Waals surface area contributed by atoms with Crippen LogP contribution in [0.1, 0.15) is 0 Å². The zero-order chi connectivity index (χ0) is 7.15. The van der Waals surface area contributed by atoms with Crippen LogP contribution in [-0.4, -0.2) is 46.1 Å². The number of rotatable bonds is 0. The average molecular weight is 176 g/mol. The smallest absolute Gasteiger partial charge is 0.511 e. The SMILES string of the molecule is O.O.O=C(O)O.O=[Si](O)O. The summed E-state index contributed by atoms with van der Waals surface area (Å²) in [7, 11) is -3.13. The molecule has 0 aliphatic rings. The lowest BCUT2D eigenvalue weighted by molar-refractivity contribution is 0.137. The van der Waals surface area contributed by atoms with Crippen molar-refractivity contribution in [3.8, 4) is 0 Å². The van der Waals surface area contributed by atoms with Crippen molar-refractivity contribution in [1.29, 1.82) is 0 Å². The third kappa shape index (κ3) is 161. The predicted molar refractivity (Wildman–Crippen MR) is 28.8 cm³/mol. The van der Waals surface area contributed by atoms with Gasteiger partial charge in [0, 0.05) is 0 Å². The maximum Gasteiger partial charge on any atom is 0.761 e. The molecule has 0 aromatic carbocycles. The van der Waals surface area contributed by atoms with Gasteiger partial charge in [-0.05, 0) is 0 Å². The summed E-state index contributed by atoms with van der Waals surface area (Å²) in [5.41, 5.74) is 0. The zero-order valence-electron chi connectivity index (χ0n) is 4.61. The van der Waals surface area contributed by atoms with Crippen LogP contribution in [-0.2, 0) is 4.46 Å². The molecule has 0 bridgehead atoms. The van der Waals surface area contributed by atoms with Gasteiger partial charge in [0.2, 0.25) is 0 Å². The van der Waals surface area contributed by atoms with Crippen LogP contribution in [0.25, 0.3) is 0 Å². The molecule has 0 saturated carbocycles. The first-order valence-corrected chi connectivity index (χ1v) is 2.61. The molecular weight excluding hydrogens is 168 g/mol. The predicted octanol–water partition coefficient (Wildman–Crippen LogP) is -3.04. The minimum Gasteiger partial charge on any atom is -0.511 e. The quantitative estimate of drug-likeness (QED) is 0.285. The summed E-state index contributed by atoms with van der Waals surface area (Å²) in [6.07, 6.45) is -1.83. The minimum absolute atomic E-state index is 0. The van der Waals surface area contributed by atoms with Crippen LogP contribution in [0, 0.1) is 0 Å². The third-order valence-corrected chi connectivity index (χ3v) is 0. The molecule has 10 heavy (non-hydrogen) atoms. The molecule has 0 unspecified atom stereocenters.